The molecule has 0 saturated carbocycles. The topological polar surface area (TPSA) is 67.6 Å². The molecule has 1 aliphatic heterocycles. The Labute approximate surface area is 126 Å². The van der Waals surface area contributed by atoms with Gasteiger partial charge in [0.25, 0.3) is 0 Å². The Kier molecular flexibility index (Phi) is 5.59. The third kappa shape index (κ3) is 4.72. The van der Waals surface area contributed by atoms with E-state index in [2.05, 4.69) is 24.1 Å². The van der Waals surface area contributed by atoms with E-state index < -0.39 is 0 Å². The predicted molar refractivity (Wildman–Crippen MR) is 84.0 cm³/mol. The Morgan fingerprint density at radius 3 is 2.52 bits per heavy atom. The van der Waals surface area contributed by atoms with Crippen molar-refractivity contribution in [2.24, 2.45) is 0 Å². The molecule has 1 aliphatic rings. The average molecular weight is 291 g/mol. The molecule has 0 spiro atoms. The summed E-state index contributed by atoms with van der Waals surface area (Å²) < 4.78 is 5.36. The van der Waals surface area contributed by atoms with Gasteiger partial charge in [-0.25, -0.2) is 0 Å². The predicted octanol–water partition coefficient (Wildman–Crippen LogP) is 1.04. The van der Waals surface area contributed by atoms with Gasteiger partial charge in [0.05, 0.1) is 19.6 Å². The number of hydrogen-bond donors (Lipinski definition) is 2. The molecular formula is C16H25N3O2. The van der Waals surface area contributed by atoms with Crippen LogP contribution in [0.2, 0.25) is 0 Å². The van der Waals surface area contributed by atoms with E-state index in [-0.39, 0.29) is 11.9 Å². The first kappa shape index (κ1) is 15.8. The summed E-state index contributed by atoms with van der Waals surface area (Å²) in [5.41, 5.74) is 7.34. The molecule has 1 fully saturated rings. The quantitative estimate of drug-likeness (QED) is 0.795. The molecule has 2 rings (SSSR count). The maximum atomic E-state index is 12.1. The molecule has 5 nitrogen and oxygen atoms in total. The number of nitrogen functional groups attached to an aromatic ring is 1. The normalized spacial score (nSPS) is 19.0. The van der Waals surface area contributed by atoms with Crippen molar-refractivity contribution in [1.82, 2.24) is 10.2 Å². The van der Waals surface area contributed by atoms with Crippen LogP contribution in [0.3, 0.4) is 0 Å². The van der Waals surface area contributed by atoms with E-state index in [0.717, 1.165) is 31.9 Å². The lowest BCUT2D eigenvalue weighted by molar-refractivity contribution is -0.121. The van der Waals surface area contributed by atoms with Crippen LogP contribution in [-0.2, 0) is 16.0 Å². The van der Waals surface area contributed by atoms with Crippen molar-refractivity contribution in [2.45, 2.75) is 32.4 Å². The van der Waals surface area contributed by atoms with Gasteiger partial charge >= 0.3 is 0 Å². The lowest BCUT2D eigenvalue weighted by Crippen LogP contribution is -2.52. The summed E-state index contributed by atoms with van der Waals surface area (Å²) in [7, 11) is 0. The minimum absolute atomic E-state index is 0.0485. The number of carbonyl (C=O) groups is 1. The zero-order valence-corrected chi connectivity index (χ0v) is 12.8. The molecule has 0 aliphatic carbocycles. The minimum Gasteiger partial charge on any atom is -0.399 e. The maximum Gasteiger partial charge on any atom is 0.224 e. The smallest absolute Gasteiger partial charge is 0.224 e. The molecule has 5 heteroatoms. The number of carbonyl (C=O) groups excluding carboxylic acids is 1. The van der Waals surface area contributed by atoms with Gasteiger partial charge < -0.3 is 15.8 Å². The highest BCUT2D eigenvalue weighted by Crippen LogP contribution is 2.09. The van der Waals surface area contributed by atoms with Crippen LogP contribution in [-0.4, -0.2) is 49.2 Å². The molecule has 2 unspecified atom stereocenters. The molecule has 116 valence electrons. The van der Waals surface area contributed by atoms with Crippen LogP contribution < -0.4 is 11.1 Å². The van der Waals surface area contributed by atoms with E-state index in [4.69, 9.17) is 10.5 Å². The number of nitrogens with two attached hydrogens (primary N) is 1. The van der Waals surface area contributed by atoms with Crippen LogP contribution in [0.5, 0.6) is 0 Å². The fourth-order valence-electron chi connectivity index (χ4n) is 2.55. The fourth-order valence-corrected chi connectivity index (χ4v) is 2.55. The van der Waals surface area contributed by atoms with Crippen LogP contribution in [0.1, 0.15) is 19.4 Å². The standard InChI is InChI=1S/C16H25N3O2/c1-12(13(2)19-7-9-21-10-8-19)18-16(20)11-14-3-5-15(17)6-4-14/h3-6,12-13H,7-11,17H2,1-2H3,(H,18,20). The van der Waals surface area contributed by atoms with Crippen LogP contribution >= 0.6 is 0 Å². The summed E-state index contributed by atoms with van der Waals surface area (Å²) in [5, 5.41) is 3.09. The third-order valence-corrected chi connectivity index (χ3v) is 4.08. The molecule has 1 heterocycles. The molecule has 0 bridgehead atoms. The molecule has 1 aromatic rings. The molecule has 3 N–H and O–H groups in total. The molecule has 2 atom stereocenters. The van der Waals surface area contributed by atoms with Crippen LogP contribution in [0.25, 0.3) is 0 Å². The zero-order valence-electron chi connectivity index (χ0n) is 12.8. The highest BCUT2D eigenvalue weighted by molar-refractivity contribution is 5.79. The van der Waals surface area contributed by atoms with Crippen molar-refractivity contribution < 1.29 is 9.53 Å². The largest absolute Gasteiger partial charge is 0.399 e. The summed E-state index contributed by atoms with van der Waals surface area (Å²) in [6.07, 6.45) is 0.389. The maximum absolute atomic E-state index is 12.1. The highest BCUT2D eigenvalue weighted by atomic mass is 16.5. The van der Waals surface area contributed by atoms with E-state index >= 15 is 0 Å². The number of benzene rings is 1. The number of amides is 1. The number of anilines is 1. The Morgan fingerprint density at radius 2 is 1.90 bits per heavy atom. The number of nitrogens with one attached hydrogen (secondary N) is 1. The minimum atomic E-state index is 0.0485. The fraction of sp³-hybridized carbons (Fsp3) is 0.562. The van der Waals surface area contributed by atoms with E-state index in [1.807, 2.05) is 24.3 Å². The second kappa shape index (κ2) is 7.43. The highest BCUT2D eigenvalue weighted by Gasteiger charge is 2.23. The Balaban J connectivity index is 1.82. The first-order chi connectivity index (χ1) is 10.1. The van der Waals surface area contributed by atoms with Gasteiger partial charge in [0, 0.05) is 30.9 Å². The summed E-state index contributed by atoms with van der Waals surface area (Å²) in [5.74, 6) is 0.0485. The number of rotatable bonds is 5. The Morgan fingerprint density at radius 1 is 1.29 bits per heavy atom. The van der Waals surface area contributed by atoms with E-state index in [1.54, 1.807) is 0 Å². The lowest BCUT2D eigenvalue weighted by atomic mass is 10.1. The molecule has 1 amide bonds. The Hall–Kier alpha value is -1.59. The van der Waals surface area contributed by atoms with Crippen LogP contribution in [0.15, 0.2) is 24.3 Å². The van der Waals surface area contributed by atoms with Gasteiger partial charge in [-0.2, -0.15) is 0 Å². The van der Waals surface area contributed by atoms with E-state index in [9.17, 15) is 4.79 Å². The van der Waals surface area contributed by atoms with Crippen LogP contribution in [0, 0.1) is 0 Å². The van der Waals surface area contributed by atoms with Gasteiger partial charge in [0.15, 0.2) is 0 Å². The van der Waals surface area contributed by atoms with E-state index in [0.29, 0.717) is 18.2 Å². The van der Waals surface area contributed by atoms with Gasteiger partial charge in [-0.15, -0.1) is 0 Å². The summed E-state index contributed by atoms with van der Waals surface area (Å²) in [6, 6.07) is 7.86. The van der Waals surface area contributed by atoms with Crippen LogP contribution in [0.4, 0.5) is 5.69 Å². The monoisotopic (exact) mass is 291 g/mol. The van der Waals surface area contributed by atoms with Crippen molar-refractivity contribution >= 4 is 11.6 Å². The lowest BCUT2D eigenvalue weighted by Gasteiger charge is -2.35. The first-order valence-electron chi connectivity index (χ1n) is 7.52. The zero-order chi connectivity index (χ0) is 15.2. The van der Waals surface area contributed by atoms with E-state index in [1.165, 1.54) is 0 Å². The molecule has 1 saturated heterocycles. The van der Waals surface area contributed by atoms with Gasteiger partial charge in [-0.3, -0.25) is 9.69 Å². The second-order valence-corrected chi connectivity index (χ2v) is 5.66. The molecule has 21 heavy (non-hydrogen) atoms. The SMILES string of the molecule is CC(NC(=O)Cc1ccc(N)cc1)C(C)N1CCOCC1. The van der Waals surface area contributed by atoms with Gasteiger partial charge in [-0.05, 0) is 31.5 Å². The molecular weight excluding hydrogens is 266 g/mol. The molecule has 0 radical (unpaired) electrons. The first-order valence-corrected chi connectivity index (χ1v) is 7.52. The van der Waals surface area contributed by atoms with Crippen molar-refractivity contribution in [1.29, 1.82) is 0 Å². The third-order valence-electron chi connectivity index (χ3n) is 4.08. The second-order valence-electron chi connectivity index (χ2n) is 5.66. The Bertz CT molecular complexity index is 455. The average Bonchev–Trinajstić information content (AvgIpc) is 2.49. The van der Waals surface area contributed by atoms with Gasteiger partial charge in [0.2, 0.25) is 5.91 Å². The van der Waals surface area contributed by atoms with Crippen molar-refractivity contribution in [2.75, 3.05) is 32.0 Å². The summed E-state index contributed by atoms with van der Waals surface area (Å²) in [4.78, 5) is 14.5. The molecule has 1 aromatic carbocycles. The summed E-state index contributed by atoms with van der Waals surface area (Å²) >= 11 is 0. The number of ether oxygens (including phenoxy) is 1. The number of nitrogens with zero attached hydrogens (tertiary/aromatic N) is 1. The summed E-state index contributed by atoms with van der Waals surface area (Å²) in [6.45, 7) is 7.62. The molecule has 0 aromatic heterocycles. The van der Waals surface area contributed by atoms with Gasteiger partial charge in [-0.1, -0.05) is 12.1 Å². The van der Waals surface area contributed by atoms with Crippen molar-refractivity contribution in [3.63, 3.8) is 0 Å². The van der Waals surface area contributed by atoms with Crippen molar-refractivity contribution in [3.05, 3.63) is 29.8 Å². The van der Waals surface area contributed by atoms with Crippen molar-refractivity contribution in [3.8, 4) is 0 Å². The van der Waals surface area contributed by atoms with Gasteiger partial charge in [0.1, 0.15) is 0 Å². The number of hydrogen-bond acceptors (Lipinski definition) is 4. The number of morpholine rings is 1.